The largest absolute Gasteiger partial charge is 0.369 e. The highest BCUT2D eigenvalue weighted by molar-refractivity contribution is 7.89. The highest BCUT2D eigenvalue weighted by Gasteiger charge is 2.31. The second kappa shape index (κ2) is 6.95. The molecule has 2 aromatic carbocycles. The number of rotatable bonds is 3. The fourth-order valence-electron chi connectivity index (χ4n) is 3.66. The van der Waals surface area contributed by atoms with Gasteiger partial charge in [-0.05, 0) is 24.3 Å². The van der Waals surface area contributed by atoms with E-state index >= 15 is 0 Å². The average molecular weight is 421 g/mol. The van der Waals surface area contributed by atoms with Gasteiger partial charge in [0.05, 0.1) is 16.1 Å². The highest BCUT2D eigenvalue weighted by atomic mass is 35.5. The zero-order valence-corrected chi connectivity index (χ0v) is 17.2. The molecule has 1 aliphatic heterocycles. The summed E-state index contributed by atoms with van der Waals surface area (Å²) < 4.78 is 30.8. The third kappa shape index (κ3) is 3.01. The smallest absolute Gasteiger partial charge is 0.328 e. The van der Waals surface area contributed by atoms with E-state index in [1.807, 2.05) is 30.3 Å². The van der Waals surface area contributed by atoms with Crippen molar-refractivity contribution in [2.75, 3.05) is 31.1 Å². The number of aryl methyl sites for hydroxylation is 2. The van der Waals surface area contributed by atoms with E-state index in [-0.39, 0.29) is 15.6 Å². The van der Waals surface area contributed by atoms with Crippen molar-refractivity contribution in [2.24, 2.45) is 14.1 Å². The molecule has 0 atom stereocenters. The summed E-state index contributed by atoms with van der Waals surface area (Å²) in [5.74, 6) is 0. The monoisotopic (exact) mass is 420 g/mol. The van der Waals surface area contributed by atoms with E-state index in [1.165, 1.54) is 19.5 Å². The van der Waals surface area contributed by atoms with Gasteiger partial charge in [-0.1, -0.05) is 29.8 Å². The summed E-state index contributed by atoms with van der Waals surface area (Å²) >= 11 is 6.32. The van der Waals surface area contributed by atoms with Crippen molar-refractivity contribution in [3.63, 3.8) is 0 Å². The normalized spacial score (nSPS) is 16.0. The fourth-order valence-corrected chi connectivity index (χ4v) is 5.60. The Kier molecular flexibility index (Phi) is 4.73. The number of para-hydroxylation sites is 1. The van der Waals surface area contributed by atoms with Gasteiger partial charge in [-0.2, -0.15) is 4.31 Å². The number of imidazole rings is 1. The Hall–Kier alpha value is -2.29. The highest BCUT2D eigenvalue weighted by Crippen LogP contribution is 2.30. The summed E-state index contributed by atoms with van der Waals surface area (Å²) in [6.07, 6.45) is 0. The first kappa shape index (κ1) is 19.0. The maximum absolute atomic E-state index is 13.2. The van der Waals surface area contributed by atoms with Crippen LogP contribution in [0.3, 0.4) is 0 Å². The summed E-state index contributed by atoms with van der Waals surface area (Å²) in [5.41, 5.74) is 2.00. The number of sulfonamides is 1. The lowest BCUT2D eigenvalue weighted by Crippen LogP contribution is -2.48. The van der Waals surface area contributed by atoms with Crippen LogP contribution in [0.1, 0.15) is 0 Å². The van der Waals surface area contributed by atoms with Crippen LogP contribution in [-0.4, -0.2) is 48.0 Å². The van der Waals surface area contributed by atoms with Crippen LogP contribution in [0.25, 0.3) is 11.0 Å². The summed E-state index contributed by atoms with van der Waals surface area (Å²) in [4.78, 5) is 14.4. The third-order valence-corrected chi connectivity index (χ3v) is 7.67. The van der Waals surface area contributed by atoms with Crippen LogP contribution in [0.5, 0.6) is 0 Å². The van der Waals surface area contributed by atoms with Crippen LogP contribution in [0, 0.1) is 0 Å². The van der Waals surface area contributed by atoms with Crippen LogP contribution < -0.4 is 10.6 Å². The SMILES string of the molecule is Cn1c(=O)n(C)c2cc(S(=O)(=O)N3CCN(c4ccccc4)CC3)c(Cl)cc21. The summed E-state index contributed by atoms with van der Waals surface area (Å²) in [6, 6.07) is 13.0. The van der Waals surface area contributed by atoms with Gasteiger partial charge in [0.1, 0.15) is 4.90 Å². The van der Waals surface area contributed by atoms with E-state index in [9.17, 15) is 13.2 Å². The molecule has 0 amide bonds. The Balaban J connectivity index is 1.65. The average Bonchev–Trinajstić information content (AvgIpc) is 2.92. The minimum Gasteiger partial charge on any atom is -0.369 e. The Bertz CT molecular complexity index is 1190. The van der Waals surface area contributed by atoms with Crippen molar-refractivity contribution in [1.29, 1.82) is 0 Å². The third-order valence-electron chi connectivity index (χ3n) is 5.30. The Morgan fingerprint density at radius 1 is 0.893 bits per heavy atom. The number of fused-ring (bicyclic) bond motifs is 1. The lowest BCUT2D eigenvalue weighted by molar-refractivity contribution is 0.385. The van der Waals surface area contributed by atoms with Crippen LogP contribution in [0.4, 0.5) is 5.69 Å². The molecule has 4 rings (SSSR count). The maximum Gasteiger partial charge on any atom is 0.328 e. The molecule has 3 aromatic rings. The molecule has 1 fully saturated rings. The Morgan fingerprint density at radius 3 is 2.07 bits per heavy atom. The molecule has 0 aliphatic carbocycles. The maximum atomic E-state index is 13.2. The summed E-state index contributed by atoms with van der Waals surface area (Å²) in [7, 11) is -0.505. The van der Waals surface area contributed by atoms with Crippen molar-refractivity contribution in [3.05, 3.63) is 58.0 Å². The molecule has 0 spiro atoms. The van der Waals surface area contributed by atoms with E-state index in [4.69, 9.17) is 11.6 Å². The van der Waals surface area contributed by atoms with Crippen molar-refractivity contribution in [1.82, 2.24) is 13.4 Å². The number of piperazine rings is 1. The molecular weight excluding hydrogens is 400 g/mol. The van der Waals surface area contributed by atoms with Crippen molar-refractivity contribution < 1.29 is 8.42 Å². The minimum atomic E-state index is -3.76. The van der Waals surface area contributed by atoms with Crippen LogP contribution in [0.15, 0.2) is 52.2 Å². The Morgan fingerprint density at radius 2 is 1.46 bits per heavy atom. The van der Waals surface area contributed by atoms with Gasteiger partial charge in [-0.3, -0.25) is 9.13 Å². The van der Waals surface area contributed by atoms with Gasteiger partial charge in [-0.25, -0.2) is 13.2 Å². The molecule has 7 nitrogen and oxygen atoms in total. The first-order valence-electron chi connectivity index (χ1n) is 8.96. The van der Waals surface area contributed by atoms with Gasteiger partial charge in [-0.15, -0.1) is 0 Å². The summed E-state index contributed by atoms with van der Waals surface area (Å²) in [6.45, 7) is 1.96. The van der Waals surface area contributed by atoms with Crippen LogP contribution >= 0.6 is 11.6 Å². The molecule has 1 aromatic heterocycles. The zero-order chi connectivity index (χ0) is 20.1. The molecule has 2 heterocycles. The topological polar surface area (TPSA) is 67.5 Å². The minimum absolute atomic E-state index is 0.0380. The van der Waals surface area contributed by atoms with Gasteiger partial charge in [0.2, 0.25) is 10.0 Å². The van der Waals surface area contributed by atoms with Gasteiger partial charge in [0.25, 0.3) is 0 Å². The Labute approximate surface area is 168 Å². The standard InChI is InChI=1S/C19H21ClN4O3S/c1-21-16-12-15(20)18(13-17(16)22(2)19(21)25)28(26,27)24-10-8-23(9-11-24)14-6-4-3-5-7-14/h3-7,12-13H,8-11H2,1-2H3. The molecule has 28 heavy (non-hydrogen) atoms. The molecule has 1 saturated heterocycles. The van der Waals surface area contributed by atoms with E-state index < -0.39 is 10.0 Å². The lowest BCUT2D eigenvalue weighted by atomic mass is 10.2. The number of halogens is 1. The van der Waals surface area contributed by atoms with E-state index in [0.29, 0.717) is 37.2 Å². The van der Waals surface area contributed by atoms with Gasteiger partial charge < -0.3 is 4.90 Å². The number of benzene rings is 2. The van der Waals surface area contributed by atoms with Crippen LogP contribution in [0.2, 0.25) is 5.02 Å². The second-order valence-electron chi connectivity index (χ2n) is 6.90. The number of aromatic nitrogens is 2. The van der Waals surface area contributed by atoms with Gasteiger partial charge >= 0.3 is 5.69 Å². The van der Waals surface area contributed by atoms with E-state index in [0.717, 1.165) is 5.69 Å². The number of hydrogen-bond acceptors (Lipinski definition) is 4. The molecule has 0 N–H and O–H groups in total. The molecule has 0 saturated carbocycles. The van der Waals surface area contributed by atoms with Crippen molar-refractivity contribution in [2.45, 2.75) is 4.90 Å². The molecule has 9 heteroatoms. The van der Waals surface area contributed by atoms with E-state index in [2.05, 4.69) is 4.90 Å². The second-order valence-corrected chi connectivity index (χ2v) is 9.21. The van der Waals surface area contributed by atoms with E-state index in [1.54, 1.807) is 20.2 Å². The number of hydrogen-bond donors (Lipinski definition) is 0. The predicted molar refractivity (Wildman–Crippen MR) is 111 cm³/mol. The van der Waals surface area contributed by atoms with Crippen LogP contribution in [-0.2, 0) is 24.1 Å². The molecule has 1 aliphatic rings. The molecular formula is C19H21ClN4O3S. The first-order chi connectivity index (χ1) is 13.3. The molecule has 0 unspecified atom stereocenters. The van der Waals surface area contributed by atoms with Crippen molar-refractivity contribution >= 4 is 38.3 Å². The van der Waals surface area contributed by atoms with Gasteiger partial charge in [0.15, 0.2) is 0 Å². The molecule has 0 radical (unpaired) electrons. The number of nitrogens with zero attached hydrogens (tertiary/aromatic N) is 4. The predicted octanol–water partition coefficient (Wildman–Crippen LogP) is 2.04. The fraction of sp³-hybridized carbons (Fsp3) is 0.316. The zero-order valence-electron chi connectivity index (χ0n) is 15.7. The first-order valence-corrected chi connectivity index (χ1v) is 10.8. The number of anilines is 1. The lowest BCUT2D eigenvalue weighted by Gasteiger charge is -2.35. The quantitative estimate of drug-likeness (QED) is 0.650. The van der Waals surface area contributed by atoms with Gasteiger partial charge in [0, 0.05) is 46.0 Å². The molecule has 148 valence electrons. The summed E-state index contributed by atoms with van der Waals surface area (Å²) in [5, 5.41) is 0.124. The molecule has 0 bridgehead atoms. The van der Waals surface area contributed by atoms with Crippen molar-refractivity contribution in [3.8, 4) is 0 Å².